The van der Waals surface area contributed by atoms with Crippen LogP contribution in [0, 0.1) is 12.7 Å². The molecule has 0 aliphatic rings. The van der Waals surface area contributed by atoms with Crippen LogP contribution in [0.15, 0.2) is 78.9 Å². The van der Waals surface area contributed by atoms with Gasteiger partial charge in [-0.05, 0) is 44.0 Å². The number of hydrogen-bond acceptors (Lipinski definition) is 4. The number of halogens is 1. The van der Waals surface area contributed by atoms with Crippen LogP contribution in [0.25, 0.3) is 0 Å². The molecule has 7 nitrogen and oxygen atoms in total. The van der Waals surface area contributed by atoms with Crippen molar-refractivity contribution in [1.82, 2.24) is 10.2 Å². The van der Waals surface area contributed by atoms with E-state index in [2.05, 4.69) is 5.32 Å². The number of nitrogens with zero attached hydrogens (tertiary/aromatic N) is 2. The summed E-state index contributed by atoms with van der Waals surface area (Å²) in [6.07, 6.45) is 1.88. The Morgan fingerprint density at radius 3 is 2.15 bits per heavy atom. The van der Waals surface area contributed by atoms with Crippen molar-refractivity contribution in [3.05, 3.63) is 101 Å². The maximum Gasteiger partial charge on any atom is 0.244 e. The smallest absolute Gasteiger partial charge is 0.244 e. The maximum absolute atomic E-state index is 14.8. The van der Waals surface area contributed by atoms with Gasteiger partial charge in [-0.3, -0.25) is 13.9 Å². The third-order valence-electron chi connectivity index (χ3n) is 6.57. The molecule has 1 N–H and O–H groups in total. The lowest BCUT2D eigenvalue weighted by molar-refractivity contribution is -0.140. The first kappa shape index (κ1) is 29.8. The average Bonchev–Trinajstić information content (AvgIpc) is 2.90. The quantitative estimate of drug-likeness (QED) is 0.359. The number of hydrogen-bond donors (Lipinski definition) is 1. The fourth-order valence-corrected chi connectivity index (χ4v) is 4.98. The van der Waals surface area contributed by atoms with Crippen LogP contribution in [0.1, 0.15) is 37.0 Å². The molecule has 0 saturated heterocycles. The van der Waals surface area contributed by atoms with Gasteiger partial charge in [-0.2, -0.15) is 0 Å². The molecule has 0 heterocycles. The molecule has 3 aromatic carbocycles. The first-order valence-electron chi connectivity index (χ1n) is 12.9. The third-order valence-corrected chi connectivity index (χ3v) is 7.71. The number of benzene rings is 3. The Morgan fingerprint density at radius 1 is 0.949 bits per heavy atom. The number of carbonyl (C=O) groups excluding carboxylic acids is 2. The van der Waals surface area contributed by atoms with Crippen LogP contribution in [0.5, 0.6) is 0 Å². The summed E-state index contributed by atoms with van der Waals surface area (Å²) in [4.78, 5) is 28.8. The van der Waals surface area contributed by atoms with Gasteiger partial charge in [0.25, 0.3) is 0 Å². The Bertz CT molecular complexity index is 1360. The van der Waals surface area contributed by atoms with E-state index in [0.29, 0.717) is 12.1 Å². The minimum Gasteiger partial charge on any atom is -0.352 e. The van der Waals surface area contributed by atoms with E-state index < -0.39 is 34.3 Å². The highest BCUT2D eigenvalue weighted by Crippen LogP contribution is 2.21. The fourth-order valence-electron chi connectivity index (χ4n) is 4.13. The zero-order valence-electron chi connectivity index (χ0n) is 22.8. The molecule has 3 aromatic rings. The van der Waals surface area contributed by atoms with Crippen LogP contribution in [-0.2, 0) is 32.6 Å². The van der Waals surface area contributed by atoms with Gasteiger partial charge >= 0.3 is 0 Å². The summed E-state index contributed by atoms with van der Waals surface area (Å²) >= 11 is 0. The second kappa shape index (κ2) is 13.4. The number of nitrogens with one attached hydrogen (secondary N) is 1. The SMILES string of the molecule is CC[C@@H](C)NC(=O)[C@@H](Cc1ccccc1)N(Cc1ccccc1F)C(=O)CN(c1ccc(C)cc1)S(C)(=O)=O. The molecule has 3 rings (SSSR count). The van der Waals surface area contributed by atoms with E-state index in [-0.39, 0.29) is 30.5 Å². The van der Waals surface area contributed by atoms with Gasteiger partial charge in [-0.1, -0.05) is 73.2 Å². The van der Waals surface area contributed by atoms with E-state index in [1.807, 2.05) is 51.1 Å². The van der Waals surface area contributed by atoms with Gasteiger partial charge in [0, 0.05) is 24.6 Å². The lowest BCUT2D eigenvalue weighted by atomic mass is 10.0. The standard InChI is InChI=1S/C30H36FN3O4S/c1-5-23(3)32-30(36)28(19-24-11-7-6-8-12-24)33(20-25-13-9-10-14-27(25)31)29(35)21-34(39(4,37)38)26-17-15-22(2)16-18-26/h6-18,23,28H,5,19-21H2,1-4H3,(H,32,36)/t23-,28-/m1/s1. The average molecular weight is 554 g/mol. The first-order chi connectivity index (χ1) is 18.5. The zero-order valence-corrected chi connectivity index (χ0v) is 23.6. The molecule has 0 aromatic heterocycles. The van der Waals surface area contributed by atoms with Crippen LogP contribution in [-0.4, -0.2) is 50.0 Å². The second-order valence-corrected chi connectivity index (χ2v) is 11.6. The highest BCUT2D eigenvalue weighted by atomic mass is 32.2. The maximum atomic E-state index is 14.8. The third kappa shape index (κ3) is 8.38. The Balaban J connectivity index is 2.06. The van der Waals surface area contributed by atoms with Gasteiger partial charge in [-0.15, -0.1) is 0 Å². The molecule has 0 spiro atoms. The Morgan fingerprint density at radius 2 is 1.56 bits per heavy atom. The molecule has 9 heteroatoms. The number of carbonyl (C=O) groups is 2. The van der Waals surface area contributed by atoms with E-state index in [9.17, 15) is 22.4 Å². The predicted octanol–water partition coefficient (Wildman–Crippen LogP) is 4.45. The molecular weight excluding hydrogens is 517 g/mol. The predicted molar refractivity (Wildman–Crippen MR) is 152 cm³/mol. The number of amides is 2. The van der Waals surface area contributed by atoms with Gasteiger partial charge in [-0.25, -0.2) is 12.8 Å². The van der Waals surface area contributed by atoms with Gasteiger partial charge in [0.2, 0.25) is 21.8 Å². The number of sulfonamides is 1. The van der Waals surface area contributed by atoms with Crippen LogP contribution < -0.4 is 9.62 Å². The topological polar surface area (TPSA) is 86.8 Å². The molecule has 0 saturated carbocycles. The highest BCUT2D eigenvalue weighted by Gasteiger charge is 2.33. The van der Waals surface area contributed by atoms with E-state index in [1.54, 1.807) is 42.5 Å². The van der Waals surface area contributed by atoms with Gasteiger partial charge in [0.1, 0.15) is 18.4 Å². The van der Waals surface area contributed by atoms with Crippen molar-refractivity contribution in [2.75, 3.05) is 17.1 Å². The van der Waals surface area contributed by atoms with Crippen LogP contribution >= 0.6 is 0 Å². The number of rotatable bonds is 12. The van der Waals surface area contributed by atoms with Gasteiger partial charge in [0.15, 0.2) is 0 Å². The molecule has 0 aliphatic heterocycles. The lowest BCUT2D eigenvalue weighted by Crippen LogP contribution is -2.54. The Hall–Kier alpha value is -3.72. The van der Waals surface area contributed by atoms with E-state index in [0.717, 1.165) is 21.7 Å². The second-order valence-electron chi connectivity index (χ2n) is 9.74. The summed E-state index contributed by atoms with van der Waals surface area (Å²) in [7, 11) is -3.86. The molecule has 0 fully saturated rings. The van der Waals surface area contributed by atoms with Crippen LogP contribution in [0.3, 0.4) is 0 Å². The van der Waals surface area contributed by atoms with Gasteiger partial charge < -0.3 is 10.2 Å². The molecular formula is C30H36FN3O4S. The minimum atomic E-state index is -3.86. The van der Waals surface area contributed by atoms with Crippen LogP contribution in [0.2, 0.25) is 0 Å². The van der Waals surface area contributed by atoms with Crippen molar-refractivity contribution in [1.29, 1.82) is 0 Å². The van der Waals surface area contributed by atoms with Crippen molar-refractivity contribution in [3.8, 4) is 0 Å². The summed E-state index contributed by atoms with van der Waals surface area (Å²) in [5.41, 5.74) is 2.29. The molecule has 39 heavy (non-hydrogen) atoms. The zero-order chi connectivity index (χ0) is 28.6. The summed E-state index contributed by atoms with van der Waals surface area (Å²) in [6, 6.07) is 20.9. The van der Waals surface area contributed by atoms with Gasteiger partial charge in [0.05, 0.1) is 11.9 Å². The molecule has 0 radical (unpaired) electrons. The van der Waals surface area contributed by atoms with E-state index >= 15 is 0 Å². The Kier molecular flexibility index (Phi) is 10.2. The largest absolute Gasteiger partial charge is 0.352 e. The van der Waals surface area contributed by atoms with E-state index in [4.69, 9.17) is 0 Å². The molecule has 2 amide bonds. The first-order valence-corrected chi connectivity index (χ1v) is 14.8. The summed E-state index contributed by atoms with van der Waals surface area (Å²) in [6.45, 7) is 4.93. The van der Waals surface area contributed by atoms with Crippen molar-refractivity contribution in [2.24, 2.45) is 0 Å². The van der Waals surface area contributed by atoms with Crippen molar-refractivity contribution >= 4 is 27.5 Å². The van der Waals surface area contributed by atoms with Crippen molar-refractivity contribution in [2.45, 2.75) is 52.2 Å². The normalized spacial score (nSPS) is 12.8. The Labute approximate surface area is 230 Å². The minimum absolute atomic E-state index is 0.152. The summed E-state index contributed by atoms with van der Waals surface area (Å²) in [5, 5.41) is 2.95. The number of anilines is 1. The molecule has 0 bridgehead atoms. The molecule has 2 atom stereocenters. The highest BCUT2D eigenvalue weighted by molar-refractivity contribution is 7.92. The summed E-state index contributed by atoms with van der Waals surface area (Å²) < 4.78 is 41.4. The molecule has 0 unspecified atom stereocenters. The van der Waals surface area contributed by atoms with Crippen molar-refractivity contribution < 1.29 is 22.4 Å². The summed E-state index contributed by atoms with van der Waals surface area (Å²) in [5.74, 6) is -1.53. The molecule has 0 aliphatic carbocycles. The van der Waals surface area contributed by atoms with E-state index in [1.165, 1.54) is 11.0 Å². The number of aryl methyl sites for hydroxylation is 1. The monoisotopic (exact) mass is 553 g/mol. The van der Waals surface area contributed by atoms with Crippen LogP contribution in [0.4, 0.5) is 10.1 Å². The fraction of sp³-hybridized carbons (Fsp3) is 0.333. The lowest BCUT2D eigenvalue weighted by Gasteiger charge is -2.34. The van der Waals surface area contributed by atoms with Crippen molar-refractivity contribution in [3.63, 3.8) is 0 Å². The molecule has 208 valence electrons.